The van der Waals surface area contributed by atoms with Crippen molar-refractivity contribution in [3.63, 3.8) is 0 Å². The van der Waals surface area contributed by atoms with Gasteiger partial charge in [-0.15, -0.1) is 0 Å². The Morgan fingerprint density at radius 3 is 2.17 bits per heavy atom. The van der Waals surface area contributed by atoms with Gasteiger partial charge in [0.1, 0.15) is 11.5 Å². The summed E-state index contributed by atoms with van der Waals surface area (Å²) in [6, 6.07) is 11.0. The van der Waals surface area contributed by atoms with Crippen LogP contribution in [0.1, 0.15) is 31.8 Å². The Morgan fingerprint density at radius 2 is 1.43 bits per heavy atom. The molecule has 4 nitrogen and oxygen atoms in total. The fourth-order valence-electron chi connectivity index (χ4n) is 3.04. The van der Waals surface area contributed by atoms with Gasteiger partial charge >= 0.3 is 0 Å². The van der Waals surface area contributed by atoms with Crippen LogP contribution in [-0.2, 0) is 0 Å². The highest BCUT2D eigenvalue weighted by molar-refractivity contribution is 6.44. The molecule has 0 bridgehead atoms. The smallest absolute Gasteiger partial charge is 0.202 e. The van der Waals surface area contributed by atoms with Gasteiger partial charge in [0.25, 0.3) is 0 Å². The molecule has 0 spiro atoms. The second-order valence-corrected chi connectivity index (χ2v) is 5.69. The minimum Gasteiger partial charge on any atom is -0.507 e. The van der Waals surface area contributed by atoms with Crippen LogP contribution in [0.4, 0.5) is 0 Å². The Balaban J connectivity index is 2.20. The van der Waals surface area contributed by atoms with E-state index in [1.807, 2.05) is 0 Å². The van der Waals surface area contributed by atoms with Gasteiger partial charge in [0, 0.05) is 16.3 Å². The number of phenolic OH excluding ortho intramolecular Hbond substituents is 2. The number of fused-ring (bicyclic) bond motifs is 3. The first kappa shape index (κ1) is 13.8. The van der Waals surface area contributed by atoms with Crippen LogP contribution in [0, 0.1) is 0 Å². The van der Waals surface area contributed by atoms with Crippen molar-refractivity contribution in [3.05, 3.63) is 69.7 Å². The molecule has 0 saturated carbocycles. The monoisotopic (exact) mass is 324 g/mol. The van der Waals surface area contributed by atoms with Crippen LogP contribution >= 0.6 is 11.6 Å². The maximum atomic E-state index is 12.8. The number of hydrogen-bond donors (Lipinski definition) is 2. The largest absolute Gasteiger partial charge is 0.507 e. The number of ketones is 2. The van der Waals surface area contributed by atoms with Crippen LogP contribution in [0.5, 0.6) is 11.5 Å². The lowest BCUT2D eigenvalue weighted by Crippen LogP contribution is -2.22. The molecule has 0 atom stereocenters. The first-order valence-electron chi connectivity index (χ1n) is 6.87. The zero-order valence-corrected chi connectivity index (χ0v) is 12.4. The molecule has 0 aromatic heterocycles. The fraction of sp³-hybridized carbons (Fsp3) is 0. The zero-order valence-electron chi connectivity index (χ0n) is 11.6. The van der Waals surface area contributed by atoms with Crippen LogP contribution in [0.25, 0.3) is 10.8 Å². The van der Waals surface area contributed by atoms with Gasteiger partial charge in [-0.2, -0.15) is 0 Å². The highest BCUT2D eigenvalue weighted by atomic mass is 35.5. The van der Waals surface area contributed by atoms with E-state index >= 15 is 0 Å². The molecule has 112 valence electrons. The van der Waals surface area contributed by atoms with Gasteiger partial charge in [0.15, 0.2) is 5.78 Å². The molecule has 0 saturated heterocycles. The van der Waals surface area contributed by atoms with Crippen LogP contribution in [0.15, 0.2) is 42.5 Å². The van der Waals surface area contributed by atoms with E-state index in [1.54, 1.807) is 24.3 Å². The Hall–Kier alpha value is -2.85. The number of hydrogen-bond acceptors (Lipinski definition) is 4. The standard InChI is InChI=1S/C18H9ClO4/c19-15-8-4-1-2-5-9(8)16(21)14-13(15)17(22)10-6-3-7-11(20)12(10)18(14)23/h1-7,20-21H. The molecule has 0 radical (unpaired) electrons. The van der Waals surface area contributed by atoms with Gasteiger partial charge in [0.2, 0.25) is 5.78 Å². The van der Waals surface area contributed by atoms with Crippen molar-refractivity contribution in [2.45, 2.75) is 0 Å². The predicted octanol–water partition coefficient (Wildman–Crippen LogP) is 3.68. The molecule has 3 aromatic carbocycles. The van der Waals surface area contributed by atoms with Crippen molar-refractivity contribution in [1.82, 2.24) is 0 Å². The van der Waals surface area contributed by atoms with Crippen LogP contribution in [-0.4, -0.2) is 21.8 Å². The SMILES string of the molecule is O=C1c2c(O)cccc2C(=O)c2c1c(O)c1ccccc1c2Cl. The summed E-state index contributed by atoms with van der Waals surface area (Å²) in [5, 5.41) is 21.5. The van der Waals surface area contributed by atoms with E-state index in [1.165, 1.54) is 18.2 Å². The maximum Gasteiger partial charge on any atom is 0.202 e. The Bertz CT molecular complexity index is 1040. The molecule has 1 aliphatic rings. The molecule has 4 rings (SSSR count). The second-order valence-electron chi connectivity index (χ2n) is 5.32. The van der Waals surface area contributed by atoms with Gasteiger partial charge in [0.05, 0.1) is 21.7 Å². The summed E-state index contributed by atoms with van der Waals surface area (Å²) in [5.41, 5.74) is -0.204. The van der Waals surface area contributed by atoms with Crippen molar-refractivity contribution in [2.24, 2.45) is 0 Å². The molecule has 23 heavy (non-hydrogen) atoms. The van der Waals surface area contributed by atoms with Crippen LogP contribution < -0.4 is 0 Å². The lowest BCUT2D eigenvalue weighted by molar-refractivity contribution is 0.0974. The number of carbonyl (C=O) groups is 2. The maximum absolute atomic E-state index is 12.8. The van der Waals surface area contributed by atoms with Gasteiger partial charge < -0.3 is 10.2 Å². The Morgan fingerprint density at radius 1 is 0.739 bits per heavy atom. The van der Waals surface area contributed by atoms with E-state index < -0.39 is 11.6 Å². The van der Waals surface area contributed by atoms with E-state index in [-0.39, 0.29) is 38.8 Å². The van der Waals surface area contributed by atoms with Gasteiger partial charge in [-0.1, -0.05) is 48.0 Å². The van der Waals surface area contributed by atoms with Gasteiger partial charge in [-0.05, 0) is 6.07 Å². The molecule has 1 aliphatic carbocycles. The first-order valence-corrected chi connectivity index (χ1v) is 7.24. The third-order valence-electron chi connectivity index (χ3n) is 4.09. The van der Waals surface area contributed by atoms with Crippen molar-refractivity contribution >= 4 is 33.9 Å². The molecule has 0 unspecified atom stereocenters. The summed E-state index contributed by atoms with van der Waals surface area (Å²) in [5.74, 6) is -1.70. The van der Waals surface area contributed by atoms with E-state index in [0.29, 0.717) is 10.8 Å². The highest BCUT2D eigenvalue weighted by Crippen LogP contribution is 2.44. The molecular formula is C18H9ClO4. The number of halogens is 1. The quantitative estimate of drug-likeness (QED) is 0.517. The lowest BCUT2D eigenvalue weighted by Gasteiger charge is -2.21. The number of phenols is 2. The average molecular weight is 325 g/mol. The second kappa shape index (κ2) is 4.57. The molecule has 0 aliphatic heterocycles. The third kappa shape index (κ3) is 1.67. The predicted molar refractivity (Wildman–Crippen MR) is 85.6 cm³/mol. The van der Waals surface area contributed by atoms with E-state index in [0.717, 1.165) is 0 Å². The normalized spacial score (nSPS) is 13.1. The van der Waals surface area contributed by atoms with Gasteiger partial charge in [-0.3, -0.25) is 9.59 Å². The summed E-state index contributed by atoms with van der Waals surface area (Å²) in [4.78, 5) is 25.5. The van der Waals surface area contributed by atoms with E-state index in [2.05, 4.69) is 0 Å². The lowest BCUT2D eigenvalue weighted by atomic mass is 9.81. The summed E-state index contributed by atoms with van der Waals surface area (Å²) in [7, 11) is 0. The summed E-state index contributed by atoms with van der Waals surface area (Å²) in [6.07, 6.45) is 0. The number of aromatic hydroxyl groups is 2. The molecule has 0 fully saturated rings. The summed E-state index contributed by atoms with van der Waals surface area (Å²) >= 11 is 6.35. The van der Waals surface area contributed by atoms with E-state index in [4.69, 9.17) is 11.6 Å². The van der Waals surface area contributed by atoms with E-state index in [9.17, 15) is 19.8 Å². The Labute approximate surface area is 135 Å². The molecule has 0 heterocycles. The summed E-state index contributed by atoms with van der Waals surface area (Å²) < 4.78 is 0. The minimum atomic E-state index is -0.613. The molecule has 5 heteroatoms. The average Bonchev–Trinajstić information content (AvgIpc) is 2.55. The summed E-state index contributed by atoms with van der Waals surface area (Å²) in [6.45, 7) is 0. The Kier molecular flexibility index (Phi) is 2.74. The molecule has 0 amide bonds. The third-order valence-corrected chi connectivity index (χ3v) is 4.49. The zero-order chi connectivity index (χ0) is 16.3. The first-order chi connectivity index (χ1) is 11.0. The van der Waals surface area contributed by atoms with Crippen LogP contribution in [0.2, 0.25) is 5.02 Å². The fourth-order valence-corrected chi connectivity index (χ4v) is 3.39. The minimum absolute atomic E-state index is 0.0223. The number of rotatable bonds is 0. The number of benzene rings is 3. The number of carbonyl (C=O) groups excluding carboxylic acids is 2. The van der Waals surface area contributed by atoms with Crippen molar-refractivity contribution < 1.29 is 19.8 Å². The highest BCUT2D eigenvalue weighted by Gasteiger charge is 2.37. The topological polar surface area (TPSA) is 74.6 Å². The van der Waals surface area contributed by atoms with Gasteiger partial charge in [-0.25, -0.2) is 0 Å². The van der Waals surface area contributed by atoms with Crippen molar-refractivity contribution in [2.75, 3.05) is 0 Å². The molecule has 2 N–H and O–H groups in total. The molecule has 3 aromatic rings. The molecular weight excluding hydrogens is 316 g/mol. The van der Waals surface area contributed by atoms with Crippen molar-refractivity contribution in [3.8, 4) is 11.5 Å². The van der Waals surface area contributed by atoms with Crippen molar-refractivity contribution in [1.29, 1.82) is 0 Å². The van der Waals surface area contributed by atoms with Crippen LogP contribution in [0.3, 0.4) is 0 Å².